The first-order valence-electron chi connectivity index (χ1n) is 10.7. The highest BCUT2D eigenvalue weighted by molar-refractivity contribution is 7.10. The van der Waals surface area contributed by atoms with Crippen molar-refractivity contribution in [2.24, 2.45) is 0 Å². The number of aliphatic hydroxyl groups is 1. The van der Waals surface area contributed by atoms with Gasteiger partial charge >= 0.3 is 0 Å². The number of aryl methyl sites for hydroxylation is 1. The van der Waals surface area contributed by atoms with E-state index >= 15 is 0 Å². The molecule has 1 unspecified atom stereocenters. The number of rotatable bonds is 4. The number of amides is 1. The van der Waals surface area contributed by atoms with Crippen LogP contribution < -0.4 is 9.64 Å². The zero-order valence-corrected chi connectivity index (χ0v) is 20.2. The lowest BCUT2D eigenvalue weighted by Gasteiger charge is -2.25. The molecule has 0 aliphatic carbocycles. The van der Waals surface area contributed by atoms with E-state index in [1.165, 1.54) is 16.2 Å². The molecule has 0 radical (unpaired) electrons. The number of hydrogen-bond acceptors (Lipinski definition) is 5. The molecule has 1 atom stereocenters. The van der Waals surface area contributed by atoms with Crippen LogP contribution in [0.25, 0.3) is 5.76 Å². The molecule has 1 amide bonds. The number of carbonyl (C=O) groups is 2. The van der Waals surface area contributed by atoms with E-state index in [4.69, 9.17) is 4.74 Å². The van der Waals surface area contributed by atoms with Gasteiger partial charge in [-0.15, -0.1) is 11.3 Å². The summed E-state index contributed by atoms with van der Waals surface area (Å²) in [7, 11) is 1.61. The van der Waals surface area contributed by atoms with Crippen LogP contribution in [0.3, 0.4) is 0 Å². The van der Waals surface area contributed by atoms with Gasteiger partial charge in [-0.05, 0) is 54.1 Å². The Kier molecular flexibility index (Phi) is 5.89. The van der Waals surface area contributed by atoms with E-state index in [-0.39, 0.29) is 16.7 Å². The van der Waals surface area contributed by atoms with Crippen LogP contribution in [-0.4, -0.2) is 23.9 Å². The monoisotopic (exact) mass is 461 g/mol. The van der Waals surface area contributed by atoms with Crippen LogP contribution in [0.1, 0.15) is 48.4 Å². The van der Waals surface area contributed by atoms with E-state index in [2.05, 4.69) is 20.8 Å². The van der Waals surface area contributed by atoms with Crippen molar-refractivity contribution in [2.45, 2.75) is 39.2 Å². The predicted octanol–water partition coefficient (Wildman–Crippen LogP) is 5.99. The zero-order chi connectivity index (χ0) is 23.9. The third kappa shape index (κ3) is 4.07. The van der Waals surface area contributed by atoms with Crippen molar-refractivity contribution in [2.75, 3.05) is 12.0 Å². The molecule has 1 aliphatic heterocycles. The highest BCUT2D eigenvalue weighted by atomic mass is 32.1. The summed E-state index contributed by atoms with van der Waals surface area (Å²) in [6.07, 6.45) is 0. The summed E-state index contributed by atoms with van der Waals surface area (Å²) < 4.78 is 5.51. The van der Waals surface area contributed by atoms with E-state index in [0.717, 1.165) is 16.0 Å². The van der Waals surface area contributed by atoms with Crippen molar-refractivity contribution in [1.82, 2.24) is 0 Å². The maximum Gasteiger partial charge on any atom is 0.300 e. The van der Waals surface area contributed by atoms with Gasteiger partial charge in [-0.1, -0.05) is 44.5 Å². The number of hydrogen-bond donors (Lipinski definition) is 1. The first-order chi connectivity index (χ1) is 15.6. The molecule has 4 rings (SSSR count). The Hall–Kier alpha value is -3.38. The lowest BCUT2D eigenvalue weighted by Crippen LogP contribution is -2.29. The normalized spacial score (nSPS) is 18.1. The molecule has 33 heavy (non-hydrogen) atoms. The summed E-state index contributed by atoms with van der Waals surface area (Å²) in [5.74, 6) is -0.827. The molecule has 1 aliphatic rings. The number of thiophene rings is 1. The topological polar surface area (TPSA) is 66.8 Å². The first-order valence-corrected chi connectivity index (χ1v) is 11.6. The van der Waals surface area contributed by atoms with Gasteiger partial charge in [0.2, 0.25) is 0 Å². The minimum absolute atomic E-state index is 0.0908. The fraction of sp³-hybridized carbons (Fsp3) is 0.259. The second kappa shape index (κ2) is 8.52. The van der Waals surface area contributed by atoms with Crippen LogP contribution in [-0.2, 0) is 15.0 Å². The molecular weight excluding hydrogens is 434 g/mol. The molecule has 5 nitrogen and oxygen atoms in total. The van der Waals surface area contributed by atoms with Gasteiger partial charge in [0.15, 0.2) is 0 Å². The quantitative estimate of drug-likeness (QED) is 0.294. The molecule has 1 aromatic heterocycles. The molecule has 170 valence electrons. The number of aliphatic hydroxyl groups excluding tert-OH is 1. The van der Waals surface area contributed by atoms with Crippen molar-refractivity contribution in [3.05, 3.63) is 87.1 Å². The van der Waals surface area contributed by atoms with E-state index < -0.39 is 17.7 Å². The van der Waals surface area contributed by atoms with Crippen LogP contribution in [0.2, 0.25) is 0 Å². The number of nitrogens with zero attached hydrogens (tertiary/aromatic N) is 1. The number of ether oxygens (including phenoxy) is 1. The minimum atomic E-state index is -0.701. The predicted molar refractivity (Wildman–Crippen MR) is 132 cm³/mol. The molecule has 1 fully saturated rings. The summed E-state index contributed by atoms with van der Waals surface area (Å²) in [4.78, 5) is 28.7. The zero-order valence-electron chi connectivity index (χ0n) is 19.4. The number of anilines is 1. The summed E-state index contributed by atoms with van der Waals surface area (Å²) in [6.45, 7) is 8.12. The Morgan fingerprint density at radius 3 is 2.33 bits per heavy atom. The summed E-state index contributed by atoms with van der Waals surface area (Å²) >= 11 is 1.44. The molecule has 2 heterocycles. The van der Waals surface area contributed by atoms with Crippen LogP contribution in [0, 0.1) is 6.92 Å². The molecule has 0 saturated carbocycles. The van der Waals surface area contributed by atoms with Gasteiger partial charge in [0.1, 0.15) is 17.6 Å². The number of benzene rings is 2. The molecule has 6 heteroatoms. The lowest BCUT2D eigenvalue weighted by atomic mass is 9.84. The second-order valence-electron chi connectivity index (χ2n) is 9.19. The highest BCUT2D eigenvalue weighted by Crippen LogP contribution is 2.44. The number of Topliss-reactive ketones (excluding diaryl/α,β-unsaturated/α-hetero) is 1. The van der Waals surface area contributed by atoms with Gasteiger partial charge in [-0.3, -0.25) is 14.5 Å². The SMILES string of the molecule is COc1ccc(/C(O)=C2/C(=O)C(=O)N(c3ccc(C)cc3)C2c2cccs2)cc1C(C)(C)C. The Morgan fingerprint density at radius 1 is 1.06 bits per heavy atom. The van der Waals surface area contributed by atoms with Crippen molar-refractivity contribution < 1.29 is 19.4 Å². The van der Waals surface area contributed by atoms with E-state index in [0.29, 0.717) is 17.0 Å². The highest BCUT2D eigenvalue weighted by Gasteiger charge is 2.47. The molecule has 1 N–H and O–H groups in total. The maximum atomic E-state index is 13.3. The molecule has 2 aromatic carbocycles. The van der Waals surface area contributed by atoms with Crippen LogP contribution in [0.15, 0.2) is 65.6 Å². The Balaban J connectivity index is 1.92. The van der Waals surface area contributed by atoms with E-state index in [1.807, 2.05) is 54.8 Å². The molecular formula is C27H27NO4S. The standard InChI is InChI=1S/C27H27NO4S/c1-16-8-11-18(12-9-16)28-23(21-7-6-14-33-21)22(25(30)26(28)31)24(29)17-10-13-20(32-5)19(15-17)27(2,3)4/h6-15,23,29H,1-5H3/b24-22-. The smallest absolute Gasteiger partial charge is 0.300 e. The number of methoxy groups -OCH3 is 1. The van der Waals surface area contributed by atoms with E-state index in [9.17, 15) is 14.7 Å². The molecule has 1 saturated heterocycles. The van der Waals surface area contributed by atoms with Gasteiger partial charge in [-0.2, -0.15) is 0 Å². The fourth-order valence-electron chi connectivity index (χ4n) is 4.12. The summed E-state index contributed by atoms with van der Waals surface area (Å²) in [5.41, 5.74) is 2.89. The van der Waals surface area contributed by atoms with Gasteiger partial charge in [0.05, 0.1) is 12.7 Å². The minimum Gasteiger partial charge on any atom is -0.507 e. The lowest BCUT2D eigenvalue weighted by molar-refractivity contribution is -0.132. The van der Waals surface area contributed by atoms with Crippen molar-refractivity contribution in [3.63, 3.8) is 0 Å². The third-order valence-electron chi connectivity index (χ3n) is 5.85. The third-order valence-corrected chi connectivity index (χ3v) is 6.77. The van der Waals surface area contributed by atoms with Gasteiger partial charge < -0.3 is 9.84 Å². The van der Waals surface area contributed by atoms with Gasteiger partial charge in [-0.25, -0.2) is 0 Å². The van der Waals surface area contributed by atoms with Gasteiger partial charge in [0.25, 0.3) is 11.7 Å². The fourth-order valence-corrected chi connectivity index (χ4v) is 4.94. The van der Waals surface area contributed by atoms with Crippen LogP contribution in [0.5, 0.6) is 5.75 Å². The first kappa shape index (κ1) is 22.8. The maximum absolute atomic E-state index is 13.3. The average Bonchev–Trinajstić information content (AvgIpc) is 3.40. The molecule has 3 aromatic rings. The van der Waals surface area contributed by atoms with E-state index in [1.54, 1.807) is 19.2 Å². The summed E-state index contributed by atoms with van der Waals surface area (Å²) in [6, 6.07) is 15.8. The number of carbonyl (C=O) groups excluding carboxylic acids is 2. The number of ketones is 1. The largest absolute Gasteiger partial charge is 0.507 e. The molecule has 0 bridgehead atoms. The summed E-state index contributed by atoms with van der Waals surface area (Å²) in [5, 5.41) is 13.3. The molecule has 0 spiro atoms. The van der Waals surface area contributed by atoms with Crippen molar-refractivity contribution >= 4 is 34.5 Å². The van der Waals surface area contributed by atoms with Crippen LogP contribution in [0.4, 0.5) is 5.69 Å². The Morgan fingerprint density at radius 2 is 1.76 bits per heavy atom. The Bertz CT molecular complexity index is 1230. The Labute approximate surface area is 197 Å². The average molecular weight is 462 g/mol. The van der Waals surface area contributed by atoms with Crippen LogP contribution >= 0.6 is 11.3 Å². The van der Waals surface area contributed by atoms with Crippen molar-refractivity contribution in [3.8, 4) is 5.75 Å². The van der Waals surface area contributed by atoms with Gasteiger partial charge in [0, 0.05) is 21.7 Å². The second-order valence-corrected chi connectivity index (χ2v) is 10.2. The van der Waals surface area contributed by atoms with Crippen molar-refractivity contribution in [1.29, 1.82) is 0 Å².